The average molecular weight is 930 g/mol. The van der Waals surface area contributed by atoms with Crippen molar-refractivity contribution in [3.05, 3.63) is 191 Å². The number of fused-ring (bicyclic) bond motifs is 7. The fraction of sp³-hybridized carbons (Fsp3) is 0.273. The lowest BCUT2D eigenvalue weighted by atomic mass is 9.33. The highest BCUT2D eigenvalue weighted by Crippen LogP contribution is 2.51. The molecule has 0 N–H and O–H groups in total. The molecule has 0 saturated carbocycles. The van der Waals surface area contributed by atoms with Crippen LogP contribution in [0.4, 0.5) is 51.2 Å². The molecule has 9 aromatic rings. The van der Waals surface area contributed by atoms with Crippen molar-refractivity contribution >= 4 is 96.2 Å². The van der Waals surface area contributed by atoms with E-state index in [9.17, 15) is 0 Å². The van der Waals surface area contributed by atoms with E-state index in [2.05, 4.69) is 269 Å². The van der Waals surface area contributed by atoms with Gasteiger partial charge in [-0.05, 0) is 146 Å². The van der Waals surface area contributed by atoms with Gasteiger partial charge in [-0.3, -0.25) is 0 Å². The molecular formula is C66H68BN3O. The van der Waals surface area contributed by atoms with Crippen LogP contribution in [-0.4, -0.2) is 6.71 Å². The molecule has 0 amide bonds. The predicted molar refractivity (Wildman–Crippen MR) is 307 cm³/mol. The second kappa shape index (κ2) is 16.3. The Morgan fingerprint density at radius 3 is 1.44 bits per heavy atom. The van der Waals surface area contributed by atoms with Gasteiger partial charge in [0.25, 0.3) is 6.71 Å². The normalized spacial score (nSPS) is 13.7. The van der Waals surface area contributed by atoms with Crippen molar-refractivity contribution in [3.8, 4) is 0 Å². The number of hydrogen-bond acceptors (Lipinski definition) is 4. The largest absolute Gasteiger partial charge is 0.454 e. The summed E-state index contributed by atoms with van der Waals surface area (Å²) in [6.07, 6.45) is 0. The third kappa shape index (κ3) is 7.84. The molecule has 0 fully saturated rings. The average Bonchev–Trinajstić information content (AvgIpc) is 3.70. The van der Waals surface area contributed by atoms with Crippen molar-refractivity contribution in [1.82, 2.24) is 0 Å². The van der Waals surface area contributed by atoms with Crippen LogP contribution in [-0.2, 0) is 21.7 Å². The number of aryl methyl sites for hydroxylation is 2. The molecule has 0 unspecified atom stereocenters. The van der Waals surface area contributed by atoms with Gasteiger partial charge in [0.1, 0.15) is 5.58 Å². The van der Waals surface area contributed by atoms with Crippen LogP contribution in [0.25, 0.3) is 21.9 Å². The first-order valence-electron chi connectivity index (χ1n) is 25.6. The lowest BCUT2D eigenvalue weighted by molar-refractivity contribution is 0.589. The number of rotatable bonds is 5. The molecule has 2 aliphatic heterocycles. The molecule has 11 rings (SSSR count). The summed E-state index contributed by atoms with van der Waals surface area (Å²) in [5.74, 6) is 0. The summed E-state index contributed by atoms with van der Waals surface area (Å²) in [5, 5.41) is 2.21. The predicted octanol–water partition coefficient (Wildman–Crippen LogP) is 16.9. The van der Waals surface area contributed by atoms with Crippen molar-refractivity contribution in [1.29, 1.82) is 0 Å². The minimum Gasteiger partial charge on any atom is -0.454 e. The molecule has 5 heteroatoms. The zero-order chi connectivity index (χ0) is 50.1. The van der Waals surface area contributed by atoms with E-state index >= 15 is 0 Å². The highest BCUT2D eigenvalue weighted by molar-refractivity contribution is 7.00. The highest BCUT2D eigenvalue weighted by atomic mass is 16.3. The number of para-hydroxylation sites is 2. The minimum atomic E-state index is -0.0762. The topological polar surface area (TPSA) is 22.9 Å². The number of benzene rings is 8. The molecule has 0 radical (unpaired) electrons. The second-order valence-electron chi connectivity index (χ2n) is 24.5. The summed E-state index contributed by atoms with van der Waals surface area (Å²) in [6, 6.07) is 60.1. The van der Waals surface area contributed by atoms with E-state index in [0.29, 0.717) is 0 Å². The van der Waals surface area contributed by atoms with Gasteiger partial charge in [0.15, 0.2) is 5.58 Å². The molecule has 0 spiro atoms. The number of hydrogen-bond donors (Lipinski definition) is 0. The molecule has 71 heavy (non-hydrogen) atoms. The molecule has 3 heterocycles. The van der Waals surface area contributed by atoms with Gasteiger partial charge in [0.05, 0.1) is 11.4 Å². The maximum Gasteiger partial charge on any atom is 0.252 e. The number of nitrogens with zero attached hydrogens (tertiary/aromatic N) is 3. The van der Waals surface area contributed by atoms with Crippen molar-refractivity contribution in [2.45, 2.75) is 119 Å². The molecule has 0 atom stereocenters. The van der Waals surface area contributed by atoms with Gasteiger partial charge in [-0.15, -0.1) is 0 Å². The summed E-state index contributed by atoms with van der Waals surface area (Å²) in [5.41, 5.74) is 23.2. The highest BCUT2D eigenvalue weighted by Gasteiger charge is 2.45. The van der Waals surface area contributed by atoms with Crippen molar-refractivity contribution < 1.29 is 4.42 Å². The lowest BCUT2D eigenvalue weighted by Crippen LogP contribution is -2.61. The first-order valence-corrected chi connectivity index (χ1v) is 25.6. The molecule has 0 aliphatic carbocycles. The van der Waals surface area contributed by atoms with Gasteiger partial charge in [-0.2, -0.15) is 0 Å². The smallest absolute Gasteiger partial charge is 0.252 e. The number of anilines is 9. The van der Waals surface area contributed by atoms with Crippen LogP contribution in [0.2, 0.25) is 0 Å². The van der Waals surface area contributed by atoms with E-state index in [4.69, 9.17) is 4.42 Å². The maximum atomic E-state index is 6.96. The Bertz CT molecular complexity index is 3440. The summed E-state index contributed by atoms with van der Waals surface area (Å²) in [6.45, 7) is 32.3. The van der Waals surface area contributed by atoms with Gasteiger partial charge >= 0.3 is 0 Å². The summed E-state index contributed by atoms with van der Waals surface area (Å²) < 4.78 is 6.96. The monoisotopic (exact) mass is 930 g/mol. The van der Waals surface area contributed by atoms with E-state index in [-0.39, 0.29) is 28.4 Å². The van der Waals surface area contributed by atoms with E-state index in [0.717, 1.165) is 50.4 Å². The first kappa shape index (κ1) is 46.4. The Morgan fingerprint density at radius 1 is 0.423 bits per heavy atom. The molecule has 8 aromatic carbocycles. The van der Waals surface area contributed by atoms with Crippen molar-refractivity contribution in [2.24, 2.45) is 0 Å². The van der Waals surface area contributed by atoms with E-state index < -0.39 is 0 Å². The van der Waals surface area contributed by atoms with Gasteiger partial charge in [-0.1, -0.05) is 180 Å². The fourth-order valence-corrected chi connectivity index (χ4v) is 11.2. The Kier molecular flexibility index (Phi) is 10.6. The van der Waals surface area contributed by atoms with Crippen LogP contribution >= 0.6 is 0 Å². The maximum absolute atomic E-state index is 6.96. The molecule has 4 nitrogen and oxygen atoms in total. The van der Waals surface area contributed by atoms with E-state index in [1.54, 1.807) is 0 Å². The van der Waals surface area contributed by atoms with Crippen LogP contribution in [0.3, 0.4) is 0 Å². The summed E-state index contributed by atoms with van der Waals surface area (Å²) in [7, 11) is 0. The summed E-state index contributed by atoms with van der Waals surface area (Å²) >= 11 is 0. The van der Waals surface area contributed by atoms with E-state index in [1.807, 2.05) is 0 Å². The van der Waals surface area contributed by atoms with Gasteiger partial charge < -0.3 is 19.1 Å². The number of furan rings is 1. The first-order chi connectivity index (χ1) is 33.6. The molecule has 356 valence electrons. The Morgan fingerprint density at radius 2 is 0.915 bits per heavy atom. The minimum absolute atomic E-state index is 0.0421. The van der Waals surface area contributed by atoms with Crippen molar-refractivity contribution in [2.75, 3.05) is 14.7 Å². The van der Waals surface area contributed by atoms with Crippen LogP contribution in [0, 0.1) is 13.8 Å². The van der Waals surface area contributed by atoms with Gasteiger partial charge in [-0.25, -0.2) is 0 Å². The Hall–Kier alpha value is -6.98. The van der Waals surface area contributed by atoms with Gasteiger partial charge in [0.2, 0.25) is 0 Å². The Balaban J connectivity index is 1.32. The van der Waals surface area contributed by atoms with Crippen LogP contribution in [0.1, 0.15) is 116 Å². The molecule has 0 saturated heterocycles. The SMILES string of the molecule is Cc1ccc(N(c2cc3c4c(c2)N(c2cccc(C(C)(C)C)c2)c2cc(C(C)(C)C)ccc2B4c2ccc(C(C)(C)C)cc2N3c2cccc(C(C)(C)C)c2)c2cccc3c2oc2ccccc23)c(C)c1. The standard InChI is InChI=1S/C66H68BN3O/c1-41-28-33-54(42(2)34-41)70(55-26-19-25-51-50-24-15-16-27-60(50)71-62(51)55)49-39-58-61-59(40-49)69(48-23-18-21-44(36-48)64(6,7)8)57-38-46(66(12,13)14)30-32-53(57)67(61)52-31-29-45(65(9,10)11)37-56(52)68(58)47-22-17-20-43(35-47)63(3,4)5/h15-40H,1-14H3. The lowest BCUT2D eigenvalue weighted by Gasteiger charge is -2.46. The molecule has 2 aliphatic rings. The fourth-order valence-electron chi connectivity index (χ4n) is 11.2. The summed E-state index contributed by atoms with van der Waals surface area (Å²) in [4.78, 5) is 7.67. The third-order valence-corrected chi connectivity index (χ3v) is 15.2. The van der Waals surface area contributed by atoms with Crippen LogP contribution < -0.4 is 31.1 Å². The van der Waals surface area contributed by atoms with Crippen LogP contribution in [0.5, 0.6) is 0 Å². The molecular weight excluding hydrogens is 862 g/mol. The van der Waals surface area contributed by atoms with Gasteiger partial charge in [0, 0.05) is 50.6 Å². The van der Waals surface area contributed by atoms with Crippen molar-refractivity contribution in [3.63, 3.8) is 0 Å². The second-order valence-corrected chi connectivity index (χ2v) is 24.5. The molecule has 0 bridgehead atoms. The van der Waals surface area contributed by atoms with E-state index in [1.165, 1.54) is 72.5 Å². The molecule has 1 aromatic heterocycles. The zero-order valence-corrected chi connectivity index (χ0v) is 44.3. The quantitative estimate of drug-likeness (QED) is 0.160. The Labute approximate surface area is 423 Å². The third-order valence-electron chi connectivity index (χ3n) is 15.2. The van der Waals surface area contributed by atoms with Crippen LogP contribution in [0.15, 0.2) is 162 Å². The zero-order valence-electron chi connectivity index (χ0n) is 44.3.